The molecular weight excluding hydrogens is 350 g/mol. The van der Waals surface area contributed by atoms with Crippen molar-refractivity contribution in [2.45, 2.75) is 44.0 Å². The van der Waals surface area contributed by atoms with Gasteiger partial charge in [0.25, 0.3) is 0 Å². The fourth-order valence-electron chi connectivity index (χ4n) is 2.09. The fourth-order valence-corrected chi connectivity index (χ4v) is 3.21. The van der Waals surface area contributed by atoms with Crippen molar-refractivity contribution in [2.24, 2.45) is 0 Å². The lowest BCUT2D eigenvalue weighted by Gasteiger charge is -2.28. The van der Waals surface area contributed by atoms with Crippen molar-refractivity contribution in [3.8, 4) is 0 Å². The predicted molar refractivity (Wildman–Crippen MR) is 92.8 cm³/mol. The number of nitrogens with one attached hydrogen (secondary N) is 1. The molecule has 1 unspecified atom stereocenters. The molecule has 0 radical (unpaired) electrons. The van der Waals surface area contributed by atoms with Gasteiger partial charge in [0.05, 0.1) is 6.61 Å². The van der Waals surface area contributed by atoms with Gasteiger partial charge in [0.2, 0.25) is 0 Å². The molecule has 1 aromatic carbocycles. The average Bonchev–Trinajstić information content (AvgIpc) is 2.46. The molecule has 1 atom stereocenters. The maximum atomic E-state index is 12.1. The largest absolute Gasteiger partial charge is 0.465 e. The molecule has 0 saturated heterocycles. The first-order valence-electron chi connectivity index (χ1n) is 7.32. The number of rotatable bonds is 9. The molecule has 1 rings (SSSR count). The number of carbonyl (C=O) groups excluding carboxylic acids is 1. The lowest BCUT2D eigenvalue weighted by atomic mass is 9.96. The van der Waals surface area contributed by atoms with Crippen LogP contribution in [-0.4, -0.2) is 30.4 Å². The van der Waals surface area contributed by atoms with Crippen LogP contribution in [0.15, 0.2) is 33.6 Å². The van der Waals surface area contributed by atoms with Gasteiger partial charge in [-0.05, 0) is 63.3 Å². The summed E-state index contributed by atoms with van der Waals surface area (Å²) in [6.45, 7) is 6.96. The molecule has 0 aromatic heterocycles. The Morgan fingerprint density at radius 3 is 2.57 bits per heavy atom. The summed E-state index contributed by atoms with van der Waals surface area (Å²) in [5.74, 6) is 0.836. The van der Waals surface area contributed by atoms with Gasteiger partial charge in [-0.25, -0.2) is 0 Å². The van der Waals surface area contributed by atoms with E-state index in [1.54, 1.807) is 0 Å². The lowest BCUT2D eigenvalue weighted by molar-refractivity contribution is -0.150. The van der Waals surface area contributed by atoms with Gasteiger partial charge < -0.3 is 10.1 Å². The summed E-state index contributed by atoms with van der Waals surface area (Å²) in [5, 5.41) is 3.26. The van der Waals surface area contributed by atoms with E-state index in [9.17, 15) is 4.79 Å². The maximum absolute atomic E-state index is 12.1. The van der Waals surface area contributed by atoms with Crippen molar-refractivity contribution >= 4 is 33.7 Å². The topological polar surface area (TPSA) is 38.3 Å². The number of ether oxygens (including phenoxy) is 1. The number of likely N-dealkylation sites (N-methyl/N-ethyl adjacent to an activating group) is 1. The Morgan fingerprint density at radius 1 is 1.33 bits per heavy atom. The van der Waals surface area contributed by atoms with Gasteiger partial charge in [-0.15, -0.1) is 11.8 Å². The first-order valence-corrected chi connectivity index (χ1v) is 9.10. The second-order valence-corrected chi connectivity index (χ2v) is 7.07. The standard InChI is InChI=1S/C16H24BrNO2S/c1-4-18-16(3,15(19)20-5-2)11-6-12-21-14-9-7-13(17)8-10-14/h7-10,18H,4-6,11-12H2,1-3H3. The molecule has 0 aliphatic rings. The third-order valence-electron chi connectivity index (χ3n) is 3.20. The Kier molecular flexibility index (Phi) is 8.37. The second-order valence-electron chi connectivity index (χ2n) is 4.99. The van der Waals surface area contributed by atoms with Crippen LogP contribution < -0.4 is 5.32 Å². The monoisotopic (exact) mass is 373 g/mol. The van der Waals surface area contributed by atoms with Gasteiger partial charge in [-0.2, -0.15) is 0 Å². The highest BCUT2D eigenvalue weighted by atomic mass is 79.9. The van der Waals surface area contributed by atoms with E-state index in [4.69, 9.17) is 4.74 Å². The number of hydrogen-bond acceptors (Lipinski definition) is 4. The molecule has 0 aliphatic carbocycles. The van der Waals surface area contributed by atoms with Crippen LogP contribution in [0.2, 0.25) is 0 Å². The van der Waals surface area contributed by atoms with E-state index in [2.05, 4.69) is 33.4 Å². The van der Waals surface area contributed by atoms with Crippen LogP contribution in [0.4, 0.5) is 0 Å². The fraction of sp³-hybridized carbons (Fsp3) is 0.562. The summed E-state index contributed by atoms with van der Waals surface area (Å²) in [6, 6.07) is 8.29. The van der Waals surface area contributed by atoms with E-state index in [1.165, 1.54) is 4.90 Å². The molecule has 3 nitrogen and oxygen atoms in total. The molecule has 0 aliphatic heterocycles. The number of thioether (sulfide) groups is 1. The summed E-state index contributed by atoms with van der Waals surface area (Å²) in [4.78, 5) is 13.3. The van der Waals surface area contributed by atoms with Gasteiger partial charge in [0, 0.05) is 9.37 Å². The summed E-state index contributed by atoms with van der Waals surface area (Å²) in [6.07, 6.45) is 1.74. The Balaban J connectivity index is 2.43. The van der Waals surface area contributed by atoms with E-state index in [1.807, 2.05) is 44.7 Å². The van der Waals surface area contributed by atoms with Crippen LogP contribution in [0.5, 0.6) is 0 Å². The van der Waals surface area contributed by atoms with Crippen molar-refractivity contribution in [1.29, 1.82) is 0 Å². The molecule has 1 aromatic rings. The van der Waals surface area contributed by atoms with Crippen molar-refractivity contribution in [3.05, 3.63) is 28.7 Å². The van der Waals surface area contributed by atoms with Crippen LogP contribution in [0.1, 0.15) is 33.6 Å². The lowest BCUT2D eigenvalue weighted by Crippen LogP contribution is -2.50. The van der Waals surface area contributed by atoms with Crippen molar-refractivity contribution in [3.63, 3.8) is 0 Å². The Bertz CT molecular complexity index is 438. The van der Waals surface area contributed by atoms with Gasteiger partial charge in [-0.3, -0.25) is 4.79 Å². The number of hydrogen-bond donors (Lipinski definition) is 1. The Labute approximate surface area is 140 Å². The molecule has 0 bridgehead atoms. The quantitative estimate of drug-likeness (QED) is 0.398. The normalized spacial score (nSPS) is 13.7. The Hall–Kier alpha value is -0.520. The number of benzene rings is 1. The third-order valence-corrected chi connectivity index (χ3v) is 4.82. The molecule has 0 heterocycles. The van der Waals surface area contributed by atoms with Gasteiger partial charge in [0.1, 0.15) is 5.54 Å². The molecule has 0 amide bonds. The van der Waals surface area contributed by atoms with E-state index in [0.29, 0.717) is 6.61 Å². The summed E-state index contributed by atoms with van der Waals surface area (Å²) >= 11 is 5.24. The van der Waals surface area contributed by atoms with Gasteiger partial charge in [-0.1, -0.05) is 22.9 Å². The highest BCUT2D eigenvalue weighted by molar-refractivity contribution is 9.10. The third kappa shape index (κ3) is 6.41. The SMILES string of the molecule is CCNC(C)(CCCSc1ccc(Br)cc1)C(=O)OCC. The summed E-state index contributed by atoms with van der Waals surface area (Å²) in [7, 11) is 0. The molecule has 0 saturated carbocycles. The van der Waals surface area contributed by atoms with Crippen LogP contribution in [0.3, 0.4) is 0 Å². The number of carbonyl (C=O) groups is 1. The second kappa shape index (κ2) is 9.49. The van der Waals surface area contributed by atoms with Crippen LogP contribution in [0.25, 0.3) is 0 Å². The zero-order valence-electron chi connectivity index (χ0n) is 12.9. The molecule has 0 fully saturated rings. The highest BCUT2D eigenvalue weighted by Crippen LogP contribution is 2.23. The minimum absolute atomic E-state index is 0.152. The molecular formula is C16H24BrNO2S. The molecule has 21 heavy (non-hydrogen) atoms. The molecule has 5 heteroatoms. The van der Waals surface area contributed by atoms with Crippen molar-refractivity contribution < 1.29 is 9.53 Å². The van der Waals surface area contributed by atoms with Crippen LogP contribution in [-0.2, 0) is 9.53 Å². The van der Waals surface area contributed by atoms with Crippen molar-refractivity contribution in [1.82, 2.24) is 5.32 Å². The van der Waals surface area contributed by atoms with E-state index < -0.39 is 5.54 Å². The summed E-state index contributed by atoms with van der Waals surface area (Å²) in [5.41, 5.74) is -0.578. The van der Waals surface area contributed by atoms with E-state index in [0.717, 1.165) is 29.6 Å². The minimum atomic E-state index is -0.578. The van der Waals surface area contributed by atoms with Crippen molar-refractivity contribution in [2.75, 3.05) is 18.9 Å². The summed E-state index contributed by atoms with van der Waals surface area (Å²) < 4.78 is 6.27. The van der Waals surface area contributed by atoms with Crippen LogP contribution >= 0.6 is 27.7 Å². The maximum Gasteiger partial charge on any atom is 0.326 e. The van der Waals surface area contributed by atoms with Crippen LogP contribution in [0, 0.1) is 0 Å². The first kappa shape index (κ1) is 18.5. The zero-order chi connectivity index (χ0) is 15.7. The van der Waals surface area contributed by atoms with Gasteiger partial charge >= 0.3 is 5.97 Å². The number of esters is 1. The Morgan fingerprint density at radius 2 is 2.00 bits per heavy atom. The van der Waals surface area contributed by atoms with E-state index in [-0.39, 0.29) is 5.97 Å². The number of halogens is 1. The minimum Gasteiger partial charge on any atom is -0.465 e. The smallest absolute Gasteiger partial charge is 0.326 e. The predicted octanol–water partition coefficient (Wildman–Crippen LogP) is 4.25. The first-order chi connectivity index (χ1) is 10.0. The highest BCUT2D eigenvalue weighted by Gasteiger charge is 2.32. The molecule has 1 N–H and O–H groups in total. The molecule has 118 valence electrons. The average molecular weight is 374 g/mol. The van der Waals surface area contributed by atoms with Gasteiger partial charge in [0.15, 0.2) is 0 Å². The van der Waals surface area contributed by atoms with E-state index >= 15 is 0 Å². The molecule has 0 spiro atoms. The zero-order valence-corrected chi connectivity index (χ0v) is 15.4.